The van der Waals surface area contributed by atoms with Gasteiger partial charge in [0.25, 0.3) is 0 Å². The van der Waals surface area contributed by atoms with Gasteiger partial charge in [0.05, 0.1) is 0 Å². The Morgan fingerprint density at radius 2 is 2.05 bits per heavy atom. The zero-order valence-corrected chi connectivity index (χ0v) is 15.3. The number of hydrogen-bond acceptors (Lipinski definition) is 3. The molecule has 0 spiro atoms. The third kappa shape index (κ3) is 5.26. The van der Waals surface area contributed by atoms with Crippen LogP contribution in [-0.4, -0.2) is 24.1 Å². The molecule has 0 aliphatic heterocycles. The number of nitrogens with zero attached hydrogens (tertiary/aromatic N) is 2. The van der Waals surface area contributed by atoms with Crippen molar-refractivity contribution in [1.29, 1.82) is 0 Å². The third-order valence-corrected chi connectivity index (χ3v) is 4.26. The second-order valence-electron chi connectivity index (χ2n) is 6.85. The van der Waals surface area contributed by atoms with Crippen molar-refractivity contribution >= 4 is 21.7 Å². The van der Waals surface area contributed by atoms with E-state index in [1.165, 1.54) is 18.4 Å². The van der Waals surface area contributed by atoms with Gasteiger partial charge in [0, 0.05) is 35.4 Å². The van der Waals surface area contributed by atoms with E-state index in [0.717, 1.165) is 35.8 Å². The Bertz CT molecular complexity index is 455. The van der Waals surface area contributed by atoms with Crippen LogP contribution in [0.3, 0.4) is 0 Å². The van der Waals surface area contributed by atoms with Gasteiger partial charge in [0.1, 0.15) is 5.82 Å². The number of anilines is 1. The van der Waals surface area contributed by atoms with Crippen LogP contribution in [0.2, 0.25) is 0 Å². The standard InChI is InChI=1S/C17H28BrN3/c1-12(2)8-19-9-15-7-16(18)10-20-17(15)21(13(3)4)11-14-5-6-14/h7,10,12-14,19H,5-6,8-9,11H2,1-4H3. The van der Waals surface area contributed by atoms with Gasteiger partial charge < -0.3 is 10.2 Å². The molecule has 0 bridgehead atoms. The van der Waals surface area contributed by atoms with E-state index in [1.807, 2.05) is 6.20 Å². The molecule has 3 nitrogen and oxygen atoms in total. The highest BCUT2D eigenvalue weighted by molar-refractivity contribution is 9.10. The molecule has 1 aromatic heterocycles. The Hall–Kier alpha value is -0.610. The van der Waals surface area contributed by atoms with Crippen LogP contribution >= 0.6 is 15.9 Å². The predicted octanol–water partition coefficient (Wildman–Crippen LogP) is 4.21. The molecule has 1 N–H and O–H groups in total. The van der Waals surface area contributed by atoms with Crippen molar-refractivity contribution in [3.63, 3.8) is 0 Å². The van der Waals surface area contributed by atoms with Crippen LogP contribution in [0.5, 0.6) is 0 Å². The maximum Gasteiger partial charge on any atom is 0.133 e. The Labute approximate surface area is 137 Å². The van der Waals surface area contributed by atoms with Gasteiger partial charge in [-0.2, -0.15) is 0 Å². The highest BCUT2D eigenvalue weighted by Crippen LogP contribution is 2.33. The molecule has 4 heteroatoms. The molecule has 0 aromatic carbocycles. The molecular weight excluding hydrogens is 326 g/mol. The highest BCUT2D eigenvalue weighted by Gasteiger charge is 2.27. The van der Waals surface area contributed by atoms with Crippen LogP contribution in [-0.2, 0) is 6.54 Å². The van der Waals surface area contributed by atoms with Gasteiger partial charge in [-0.1, -0.05) is 13.8 Å². The number of aromatic nitrogens is 1. The van der Waals surface area contributed by atoms with Gasteiger partial charge in [-0.25, -0.2) is 4.98 Å². The van der Waals surface area contributed by atoms with Crippen LogP contribution in [0.1, 0.15) is 46.1 Å². The average Bonchev–Trinajstić information content (AvgIpc) is 3.20. The van der Waals surface area contributed by atoms with Crippen molar-refractivity contribution < 1.29 is 0 Å². The summed E-state index contributed by atoms with van der Waals surface area (Å²) in [5, 5.41) is 3.54. The molecule has 1 saturated carbocycles. The molecule has 0 saturated heterocycles. The van der Waals surface area contributed by atoms with Gasteiger partial charge in [-0.05, 0) is 67.1 Å². The Morgan fingerprint density at radius 1 is 1.33 bits per heavy atom. The molecule has 0 amide bonds. The molecule has 1 aliphatic rings. The normalized spacial score (nSPS) is 15.0. The van der Waals surface area contributed by atoms with E-state index in [4.69, 9.17) is 4.98 Å². The number of hydrogen-bond donors (Lipinski definition) is 1. The molecule has 1 fully saturated rings. The Balaban J connectivity index is 2.14. The molecule has 0 atom stereocenters. The average molecular weight is 354 g/mol. The Morgan fingerprint density at radius 3 is 2.62 bits per heavy atom. The van der Waals surface area contributed by atoms with Crippen LogP contribution < -0.4 is 10.2 Å². The summed E-state index contributed by atoms with van der Waals surface area (Å²) < 4.78 is 1.06. The van der Waals surface area contributed by atoms with Crippen LogP contribution in [0.25, 0.3) is 0 Å². The summed E-state index contributed by atoms with van der Waals surface area (Å²) in [6.45, 7) is 12.1. The summed E-state index contributed by atoms with van der Waals surface area (Å²) in [5.74, 6) is 2.69. The number of nitrogens with one attached hydrogen (secondary N) is 1. The lowest BCUT2D eigenvalue weighted by Crippen LogP contribution is -2.35. The first-order valence-electron chi connectivity index (χ1n) is 8.09. The predicted molar refractivity (Wildman–Crippen MR) is 93.7 cm³/mol. The molecule has 1 heterocycles. The summed E-state index contributed by atoms with van der Waals surface area (Å²) in [7, 11) is 0. The van der Waals surface area contributed by atoms with Gasteiger partial charge in [-0.3, -0.25) is 0 Å². The number of halogens is 1. The summed E-state index contributed by atoms with van der Waals surface area (Å²) in [5.41, 5.74) is 1.29. The zero-order valence-electron chi connectivity index (χ0n) is 13.7. The van der Waals surface area contributed by atoms with Gasteiger partial charge in [-0.15, -0.1) is 0 Å². The fraction of sp³-hybridized carbons (Fsp3) is 0.706. The second-order valence-corrected chi connectivity index (χ2v) is 7.77. The van der Waals surface area contributed by atoms with E-state index in [2.05, 4.69) is 59.9 Å². The fourth-order valence-corrected chi connectivity index (χ4v) is 2.86. The molecule has 0 radical (unpaired) electrons. The monoisotopic (exact) mass is 353 g/mol. The van der Waals surface area contributed by atoms with E-state index in [0.29, 0.717) is 12.0 Å². The molecule has 2 rings (SSSR count). The first-order chi connectivity index (χ1) is 9.97. The van der Waals surface area contributed by atoms with E-state index in [9.17, 15) is 0 Å². The zero-order chi connectivity index (χ0) is 15.4. The maximum absolute atomic E-state index is 4.72. The lowest BCUT2D eigenvalue weighted by Gasteiger charge is -2.30. The van der Waals surface area contributed by atoms with Crippen molar-refractivity contribution in [2.24, 2.45) is 11.8 Å². The minimum absolute atomic E-state index is 0.489. The van der Waals surface area contributed by atoms with E-state index in [-0.39, 0.29) is 0 Å². The summed E-state index contributed by atoms with van der Waals surface area (Å²) >= 11 is 3.56. The lowest BCUT2D eigenvalue weighted by atomic mass is 10.1. The Kier molecular flexibility index (Phi) is 6.06. The van der Waals surface area contributed by atoms with E-state index in [1.54, 1.807) is 0 Å². The summed E-state index contributed by atoms with van der Waals surface area (Å²) in [4.78, 5) is 7.19. The second kappa shape index (κ2) is 7.59. The maximum atomic E-state index is 4.72. The molecule has 1 aromatic rings. The third-order valence-electron chi connectivity index (χ3n) is 3.82. The van der Waals surface area contributed by atoms with Gasteiger partial charge in [0.15, 0.2) is 0 Å². The van der Waals surface area contributed by atoms with Gasteiger partial charge >= 0.3 is 0 Å². The number of pyridine rings is 1. The van der Waals surface area contributed by atoms with Crippen molar-refractivity contribution in [1.82, 2.24) is 10.3 Å². The van der Waals surface area contributed by atoms with Crippen LogP contribution in [0.15, 0.2) is 16.7 Å². The first-order valence-corrected chi connectivity index (χ1v) is 8.88. The SMILES string of the molecule is CC(C)CNCc1cc(Br)cnc1N(CC1CC1)C(C)C. The van der Waals surface area contributed by atoms with Crippen LogP contribution in [0.4, 0.5) is 5.82 Å². The van der Waals surface area contributed by atoms with Crippen LogP contribution in [0, 0.1) is 11.8 Å². The fourth-order valence-electron chi connectivity index (χ4n) is 2.48. The van der Waals surface area contributed by atoms with Crippen molar-refractivity contribution in [2.75, 3.05) is 18.0 Å². The van der Waals surface area contributed by atoms with Crippen molar-refractivity contribution in [2.45, 2.75) is 53.1 Å². The summed E-state index contributed by atoms with van der Waals surface area (Å²) in [6.07, 6.45) is 4.67. The molecule has 1 aliphatic carbocycles. The van der Waals surface area contributed by atoms with Crippen molar-refractivity contribution in [3.8, 4) is 0 Å². The molecular formula is C17H28BrN3. The van der Waals surface area contributed by atoms with E-state index < -0.39 is 0 Å². The minimum Gasteiger partial charge on any atom is -0.354 e. The molecule has 21 heavy (non-hydrogen) atoms. The lowest BCUT2D eigenvalue weighted by molar-refractivity contribution is 0.549. The smallest absolute Gasteiger partial charge is 0.133 e. The quantitative estimate of drug-likeness (QED) is 0.758. The topological polar surface area (TPSA) is 28.2 Å². The number of rotatable bonds is 8. The molecule has 0 unspecified atom stereocenters. The van der Waals surface area contributed by atoms with Crippen molar-refractivity contribution in [3.05, 3.63) is 22.3 Å². The first kappa shape index (κ1) is 16.8. The molecule has 118 valence electrons. The van der Waals surface area contributed by atoms with Gasteiger partial charge in [0.2, 0.25) is 0 Å². The summed E-state index contributed by atoms with van der Waals surface area (Å²) in [6, 6.07) is 2.70. The minimum atomic E-state index is 0.489. The van der Waals surface area contributed by atoms with E-state index >= 15 is 0 Å². The highest BCUT2D eigenvalue weighted by atomic mass is 79.9. The largest absolute Gasteiger partial charge is 0.354 e.